The number of hydrogen-bond donors (Lipinski definition) is 3. The lowest BCUT2D eigenvalue weighted by molar-refractivity contribution is 0.289. The molecule has 0 bridgehead atoms. The molecule has 0 aliphatic rings. The van der Waals surface area contributed by atoms with E-state index in [1.807, 2.05) is 19.2 Å². The third-order valence-corrected chi connectivity index (χ3v) is 7.30. The number of aromatic nitrogens is 5. The lowest BCUT2D eigenvalue weighted by Gasteiger charge is -2.14. The number of nitrogens with zero attached hydrogens (tertiary/aromatic N) is 4. The predicted molar refractivity (Wildman–Crippen MR) is 139 cm³/mol. The molecule has 0 spiro atoms. The molecule has 0 saturated heterocycles. The molecule has 0 saturated carbocycles. The van der Waals surface area contributed by atoms with Gasteiger partial charge in [-0.3, -0.25) is 9.40 Å². The zero-order valence-corrected chi connectivity index (χ0v) is 21.7. The van der Waals surface area contributed by atoms with Crippen LogP contribution in [0.3, 0.4) is 0 Å². The number of aromatic amines is 1. The first-order chi connectivity index (χ1) is 18.4. The van der Waals surface area contributed by atoms with E-state index < -0.39 is 10.0 Å². The molecule has 4 N–H and O–H groups in total. The smallest absolute Gasteiger partial charge is 0.266 e. The molecule has 0 amide bonds. The van der Waals surface area contributed by atoms with Gasteiger partial charge in [0.05, 0.1) is 19.9 Å². The SMILES string of the molecule is CCc1ccc(OCc2ncc[nH]2)c(S(=O)(=O)Nc2noc3cc(Cn4cc(CN)cn4)cc(OC)c23)c1. The maximum Gasteiger partial charge on any atom is 0.266 e. The number of nitrogens with one attached hydrogen (secondary N) is 2. The van der Waals surface area contributed by atoms with Crippen molar-refractivity contribution in [1.82, 2.24) is 24.9 Å². The average Bonchev–Trinajstić information content (AvgIpc) is 3.69. The molecule has 38 heavy (non-hydrogen) atoms. The van der Waals surface area contributed by atoms with Gasteiger partial charge in [0.15, 0.2) is 11.4 Å². The Morgan fingerprint density at radius 2 is 2.03 bits per heavy atom. The first kappa shape index (κ1) is 25.3. The van der Waals surface area contributed by atoms with Crippen molar-refractivity contribution in [3.63, 3.8) is 0 Å². The molecular formula is C25H27N7O5S. The first-order valence-corrected chi connectivity index (χ1v) is 13.3. The van der Waals surface area contributed by atoms with E-state index in [1.54, 1.807) is 47.5 Å². The molecule has 5 aromatic rings. The molecular weight excluding hydrogens is 510 g/mol. The number of nitrogens with two attached hydrogens (primary N) is 1. The number of anilines is 1. The van der Waals surface area contributed by atoms with E-state index >= 15 is 0 Å². The Bertz CT molecular complexity index is 1660. The first-order valence-electron chi connectivity index (χ1n) is 11.8. The summed E-state index contributed by atoms with van der Waals surface area (Å²) in [6.07, 6.45) is 7.47. The lowest BCUT2D eigenvalue weighted by Crippen LogP contribution is -2.15. The van der Waals surface area contributed by atoms with Crippen molar-refractivity contribution in [1.29, 1.82) is 0 Å². The number of H-pyrrole nitrogens is 1. The summed E-state index contributed by atoms with van der Waals surface area (Å²) in [6, 6.07) is 8.59. The van der Waals surface area contributed by atoms with E-state index in [0.717, 1.165) is 16.7 Å². The highest BCUT2D eigenvalue weighted by molar-refractivity contribution is 7.92. The van der Waals surface area contributed by atoms with Gasteiger partial charge in [-0.1, -0.05) is 18.1 Å². The molecule has 0 atom stereocenters. The molecule has 0 radical (unpaired) electrons. The van der Waals surface area contributed by atoms with E-state index in [4.69, 9.17) is 19.7 Å². The third kappa shape index (κ3) is 5.19. The molecule has 0 aliphatic heterocycles. The van der Waals surface area contributed by atoms with E-state index in [1.165, 1.54) is 7.11 Å². The minimum Gasteiger partial charge on any atom is -0.496 e. The van der Waals surface area contributed by atoms with Crippen molar-refractivity contribution in [3.05, 3.63) is 77.6 Å². The van der Waals surface area contributed by atoms with Crippen molar-refractivity contribution in [2.24, 2.45) is 5.73 Å². The highest BCUT2D eigenvalue weighted by Gasteiger charge is 2.25. The standard InChI is InChI=1S/C25H27N7O5S/c1-3-16-4-5-19(36-15-23-27-6-7-28-23)22(10-16)38(33,34)31-25-24-20(35-2)8-17(9-21(24)37-30-25)13-32-14-18(11-26)12-29-32/h4-10,12,14H,3,11,13,15,26H2,1-2H3,(H,27,28)(H,30,31). The van der Waals surface area contributed by atoms with Crippen LogP contribution in [0, 0.1) is 0 Å². The quantitative estimate of drug-likeness (QED) is 0.229. The van der Waals surface area contributed by atoms with Crippen LogP contribution in [0.4, 0.5) is 5.82 Å². The number of methoxy groups -OCH3 is 1. The van der Waals surface area contributed by atoms with Crippen LogP contribution in [-0.4, -0.2) is 40.4 Å². The molecule has 0 fully saturated rings. The molecule has 13 heteroatoms. The maximum atomic E-state index is 13.6. The zero-order valence-electron chi connectivity index (χ0n) is 20.8. The minimum absolute atomic E-state index is 0.00629. The van der Waals surface area contributed by atoms with Crippen LogP contribution in [0.5, 0.6) is 11.5 Å². The van der Waals surface area contributed by atoms with Gasteiger partial charge in [0, 0.05) is 30.7 Å². The highest BCUT2D eigenvalue weighted by Crippen LogP contribution is 2.36. The lowest BCUT2D eigenvalue weighted by atomic mass is 10.1. The second kappa shape index (κ2) is 10.6. The van der Waals surface area contributed by atoms with E-state index in [-0.39, 0.29) is 23.1 Å². The predicted octanol–water partition coefficient (Wildman–Crippen LogP) is 3.21. The van der Waals surface area contributed by atoms with Crippen molar-refractivity contribution in [2.45, 2.75) is 37.9 Å². The topological polar surface area (TPSA) is 163 Å². The van der Waals surface area contributed by atoms with Crippen molar-refractivity contribution in [2.75, 3.05) is 11.8 Å². The molecule has 0 aliphatic carbocycles. The largest absolute Gasteiger partial charge is 0.496 e. The zero-order chi connectivity index (χ0) is 26.7. The summed E-state index contributed by atoms with van der Waals surface area (Å²) in [5, 5.41) is 8.69. The second-order valence-electron chi connectivity index (χ2n) is 8.52. The molecule has 3 aromatic heterocycles. The summed E-state index contributed by atoms with van der Waals surface area (Å²) >= 11 is 0. The van der Waals surface area contributed by atoms with E-state index in [2.05, 4.69) is 24.9 Å². The Morgan fingerprint density at radius 3 is 2.74 bits per heavy atom. The van der Waals surface area contributed by atoms with Crippen LogP contribution in [0.1, 0.15) is 29.4 Å². The van der Waals surface area contributed by atoms with Crippen LogP contribution in [0.15, 0.2) is 64.5 Å². The Kier molecular flexibility index (Phi) is 7.03. The van der Waals surface area contributed by atoms with Crippen LogP contribution in [-0.2, 0) is 36.1 Å². The van der Waals surface area contributed by atoms with Gasteiger partial charge < -0.3 is 24.7 Å². The number of imidazole rings is 1. The van der Waals surface area contributed by atoms with Crippen LogP contribution < -0.4 is 19.9 Å². The third-order valence-electron chi connectivity index (χ3n) is 5.94. The van der Waals surface area contributed by atoms with Gasteiger partial charge in [-0.05, 0) is 41.8 Å². The maximum absolute atomic E-state index is 13.6. The van der Waals surface area contributed by atoms with Crippen molar-refractivity contribution >= 4 is 26.8 Å². The molecule has 5 rings (SSSR count). The number of sulfonamides is 1. The highest BCUT2D eigenvalue weighted by atomic mass is 32.2. The number of hydrogen-bond acceptors (Lipinski definition) is 9. The Hall–Kier alpha value is -4.36. The summed E-state index contributed by atoms with van der Waals surface area (Å²) in [4.78, 5) is 7.03. The number of fused-ring (bicyclic) bond motifs is 1. The van der Waals surface area contributed by atoms with Gasteiger partial charge >= 0.3 is 0 Å². The van der Waals surface area contributed by atoms with Gasteiger partial charge in [0.2, 0.25) is 0 Å². The Labute approximate surface area is 218 Å². The molecule has 198 valence electrons. The van der Waals surface area contributed by atoms with Crippen LogP contribution in [0.2, 0.25) is 0 Å². The Balaban J connectivity index is 1.46. The fourth-order valence-electron chi connectivity index (χ4n) is 4.00. The number of ether oxygens (including phenoxy) is 2. The Morgan fingerprint density at radius 1 is 1.16 bits per heavy atom. The minimum atomic E-state index is -4.12. The van der Waals surface area contributed by atoms with Gasteiger partial charge in [0.25, 0.3) is 10.0 Å². The fraction of sp³-hybridized carbons (Fsp3) is 0.240. The fourth-order valence-corrected chi connectivity index (χ4v) is 5.21. The summed E-state index contributed by atoms with van der Waals surface area (Å²) in [5.74, 6) is 1.16. The molecule has 12 nitrogen and oxygen atoms in total. The number of rotatable bonds is 11. The van der Waals surface area contributed by atoms with Gasteiger partial charge in [-0.2, -0.15) is 5.10 Å². The van der Waals surface area contributed by atoms with Crippen molar-refractivity contribution < 1.29 is 22.4 Å². The van der Waals surface area contributed by atoms with Gasteiger partial charge in [-0.15, -0.1) is 0 Å². The normalized spacial score (nSPS) is 11.7. The summed E-state index contributed by atoms with van der Waals surface area (Å²) in [5.41, 5.74) is 8.61. The summed E-state index contributed by atoms with van der Waals surface area (Å²) in [6.45, 7) is 2.85. The summed E-state index contributed by atoms with van der Waals surface area (Å²) in [7, 11) is -2.63. The second-order valence-corrected chi connectivity index (χ2v) is 10.2. The monoisotopic (exact) mass is 537 g/mol. The van der Waals surface area contributed by atoms with E-state index in [0.29, 0.717) is 42.1 Å². The number of aryl methyl sites for hydroxylation is 1. The van der Waals surface area contributed by atoms with Crippen molar-refractivity contribution in [3.8, 4) is 11.5 Å². The van der Waals surface area contributed by atoms with Crippen LogP contribution in [0.25, 0.3) is 11.0 Å². The average molecular weight is 538 g/mol. The summed E-state index contributed by atoms with van der Waals surface area (Å²) < 4.78 is 48.3. The van der Waals surface area contributed by atoms with E-state index in [9.17, 15) is 8.42 Å². The molecule has 2 aromatic carbocycles. The van der Waals surface area contributed by atoms with Crippen LogP contribution >= 0.6 is 0 Å². The molecule has 3 heterocycles. The molecule has 0 unspecified atom stereocenters. The van der Waals surface area contributed by atoms with Gasteiger partial charge in [-0.25, -0.2) is 13.4 Å². The number of benzene rings is 2. The van der Waals surface area contributed by atoms with Gasteiger partial charge in [0.1, 0.15) is 34.2 Å².